The number of hydrogen-bond acceptors (Lipinski definition) is 8. The van der Waals surface area contributed by atoms with Crippen LogP contribution in [0, 0.1) is 0 Å². The van der Waals surface area contributed by atoms with Crippen LogP contribution in [0.4, 0.5) is 0 Å². The fourth-order valence-electron chi connectivity index (χ4n) is 2.28. The number of carboxylic acid groups (broad SMARTS) is 2. The van der Waals surface area contributed by atoms with Crippen molar-refractivity contribution in [2.24, 2.45) is 11.5 Å². The van der Waals surface area contributed by atoms with Gasteiger partial charge in [0.25, 0.3) is 20.2 Å². The third-order valence-electron chi connectivity index (χ3n) is 3.99. The molecule has 2 rings (SSSR count). The van der Waals surface area contributed by atoms with Crippen molar-refractivity contribution in [3.8, 4) is 0 Å². The Morgan fingerprint density at radius 1 is 0.667 bits per heavy atom. The van der Waals surface area contributed by atoms with Crippen molar-refractivity contribution in [3.05, 3.63) is 59.7 Å². The number of rotatable bonds is 8. The van der Waals surface area contributed by atoms with E-state index in [1.807, 2.05) is 0 Å². The van der Waals surface area contributed by atoms with Crippen molar-refractivity contribution in [2.75, 3.05) is 0 Å². The van der Waals surface area contributed by atoms with E-state index in [2.05, 4.69) is 0 Å². The second-order valence-corrected chi connectivity index (χ2v) is 9.38. The molecule has 12 nitrogen and oxygen atoms in total. The molecule has 178 valence electrons. The summed E-state index contributed by atoms with van der Waals surface area (Å²) in [6.45, 7) is 0. The second kappa shape index (κ2) is 13.1. The van der Waals surface area contributed by atoms with Crippen LogP contribution in [0.15, 0.2) is 58.3 Å². The van der Waals surface area contributed by atoms with Gasteiger partial charge in [0.05, 0.1) is 9.79 Å². The molecule has 0 aliphatic carbocycles. The van der Waals surface area contributed by atoms with Crippen molar-refractivity contribution in [2.45, 2.75) is 34.7 Å². The summed E-state index contributed by atoms with van der Waals surface area (Å²) in [5, 5.41) is 17.1. The average Bonchev–Trinajstić information content (AvgIpc) is 2.67. The van der Waals surface area contributed by atoms with Gasteiger partial charge in [-0.1, -0.05) is 24.3 Å². The van der Waals surface area contributed by atoms with Crippen LogP contribution in [-0.2, 0) is 42.7 Å². The van der Waals surface area contributed by atoms with E-state index in [1.54, 1.807) is 0 Å². The molecule has 0 amide bonds. The van der Waals surface area contributed by atoms with Crippen LogP contribution in [0.25, 0.3) is 0 Å². The van der Waals surface area contributed by atoms with Crippen LogP contribution >= 0.6 is 0 Å². The molecular weight excluding hydrogens is 491 g/mol. The van der Waals surface area contributed by atoms with E-state index in [9.17, 15) is 26.4 Å². The first kappa shape index (κ1) is 31.1. The molecule has 0 aliphatic heterocycles. The minimum absolute atomic E-state index is 0. The Labute approximate surface area is 212 Å². The van der Waals surface area contributed by atoms with Gasteiger partial charge in [0.15, 0.2) is 0 Å². The summed E-state index contributed by atoms with van der Waals surface area (Å²) in [5.41, 5.74) is 11.8. The normalized spacial score (nSPS) is 13.0. The number of hydrogen-bond donors (Lipinski definition) is 6. The van der Waals surface area contributed by atoms with Crippen molar-refractivity contribution >= 4 is 61.7 Å². The molecule has 2 atom stereocenters. The van der Waals surface area contributed by atoms with Crippen LogP contribution in [0.1, 0.15) is 11.1 Å². The van der Waals surface area contributed by atoms with Crippen LogP contribution in [0.2, 0.25) is 0 Å². The third-order valence-corrected chi connectivity index (χ3v) is 5.72. The van der Waals surface area contributed by atoms with Crippen molar-refractivity contribution in [1.82, 2.24) is 0 Å². The van der Waals surface area contributed by atoms with E-state index in [0.29, 0.717) is 11.1 Å². The SMILES string of the molecule is N[C@@H](Cc1ccc(S(=O)(=O)O)cc1)C(=O)O.N[C@@H](Cc1ccc(S(=O)(=O)O)cc1)C(=O)O.[NaH]. The number of carboxylic acids is 2. The first-order valence-electron chi connectivity index (χ1n) is 8.71. The van der Waals surface area contributed by atoms with Crippen LogP contribution in [0.5, 0.6) is 0 Å². The van der Waals surface area contributed by atoms with Gasteiger partial charge < -0.3 is 21.7 Å². The number of benzene rings is 2. The zero-order valence-corrected chi connectivity index (χ0v) is 18.0. The van der Waals surface area contributed by atoms with E-state index in [0.717, 1.165) is 0 Å². The number of aliphatic carboxylic acids is 2. The Hall–Kier alpha value is -1.88. The molecule has 0 heterocycles. The van der Waals surface area contributed by atoms with Crippen molar-refractivity contribution in [1.29, 1.82) is 0 Å². The molecule has 0 aromatic heterocycles. The van der Waals surface area contributed by atoms with E-state index in [1.165, 1.54) is 48.5 Å². The molecule has 2 aromatic carbocycles. The molecule has 0 bridgehead atoms. The molecule has 0 saturated carbocycles. The summed E-state index contributed by atoms with van der Waals surface area (Å²) >= 11 is 0. The van der Waals surface area contributed by atoms with E-state index < -0.39 is 44.3 Å². The van der Waals surface area contributed by atoms with Crippen LogP contribution in [-0.4, -0.2) is 89.7 Å². The van der Waals surface area contributed by atoms with E-state index >= 15 is 0 Å². The van der Waals surface area contributed by atoms with Gasteiger partial charge >= 0.3 is 41.5 Å². The third kappa shape index (κ3) is 11.2. The average molecular weight is 515 g/mol. The van der Waals surface area contributed by atoms with Crippen LogP contribution < -0.4 is 11.5 Å². The standard InChI is InChI=1S/2C9H11NO5S.Na.H/c2*10-8(9(11)12)5-6-1-3-7(4-2-6)16(13,14)15;;/h2*1-4,8H,5,10H2,(H,11,12)(H,13,14,15);;/t2*8-;;/m00../s1. The summed E-state index contributed by atoms with van der Waals surface area (Å²) in [6.07, 6.45) is 0.197. The monoisotopic (exact) mass is 514 g/mol. The topological polar surface area (TPSA) is 235 Å². The number of nitrogens with two attached hydrogens (primary N) is 2. The van der Waals surface area contributed by atoms with Crippen molar-refractivity contribution < 1.29 is 45.7 Å². The zero-order valence-electron chi connectivity index (χ0n) is 16.4. The molecular formula is C18H23N2NaO10S2. The number of carbonyl (C=O) groups is 2. The summed E-state index contributed by atoms with van der Waals surface area (Å²) < 4.78 is 60.3. The Morgan fingerprint density at radius 3 is 1.09 bits per heavy atom. The molecule has 0 unspecified atom stereocenters. The van der Waals surface area contributed by atoms with Gasteiger partial charge in [-0.3, -0.25) is 18.7 Å². The molecule has 0 spiro atoms. The summed E-state index contributed by atoms with van der Waals surface area (Å²) in [4.78, 5) is 20.5. The molecule has 15 heteroatoms. The van der Waals surface area contributed by atoms with Gasteiger partial charge in [-0.05, 0) is 48.2 Å². The fourth-order valence-corrected chi connectivity index (χ4v) is 3.24. The molecule has 0 aliphatic rings. The van der Waals surface area contributed by atoms with Gasteiger partial charge in [0.1, 0.15) is 12.1 Å². The Bertz CT molecular complexity index is 1060. The van der Waals surface area contributed by atoms with Gasteiger partial charge in [0, 0.05) is 0 Å². The quantitative estimate of drug-likeness (QED) is 0.186. The first-order valence-corrected chi connectivity index (χ1v) is 11.6. The van der Waals surface area contributed by atoms with Crippen molar-refractivity contribution in [3.63, 3.8) is 0 Å². The van der Waals surface area contributed by atoms with Gasteiger partial charge in [-0.2, -0.15) is 16.8 Å². The maximum absolute atomic E-state index is 10.7. The Balaban J connectivity index is 0.000000602. The fraction of sp³-hybridized carbons (Fsp3) is 0.222. The molecule has 8 N–H and O–H groups in total. The van der Waals surface area contributed by atoms with Crippen LogP contribution in [0.3, 0.4) is 0 Å². The maximum atomic E-state index is 10.7. The second-order valence-electron chi connectivity index (χ2n) is 6.54. The predicted molar refractivity (Wildman–Crippen MR) is 118 cm³/mol. The zero-order chi connectivity index (χ0) is 24.7. The molecule has 33 heavy (non-hydrogen) atoms. The van der Waals surface area contributed by atoms with Gasteiger partial charge in [-0.25, -0.2) is 0 Å². The molecule has 0 saturated heterocycles. The molecule has 2 aromatic rings. The van der Waals surface area contributed by atoms with E-state index in [4.69, 9.17) is 30.8 Å². The molecule has 0 radical (unpaired) electrons. The van der Waals surface area contributed by atoms with E-state index in [-0.39, 0.29) is 52.2 Å². The Morgan fingerprint density at radius 2 is 0.909 bits per heavy atom. The summed E-state index contributed by atoms with van der Waals surface area (Å²) in [6, 6.07) is 8.35. The summed E-state index contributed by atoms with van der Waals surface area (Å²) in [7, 11) is -8.42. The Kier molecular flexibility index (Phi) is 12.4. The molecule has 0 fully saturated rings. The van der Waals surface area contributed by atoms with Gasteiger partial charge in [0.2, 0.25) is 0 Å². The first-order chi connectivity index (χ1) is 14.6. The summed E-state index contributed by atoms with van der Waals surface area (Å²) in [5.74, 6) is -2.25. The minimum atomic E-state index is -4.21. The van der Waals surface area contributed by atoms with Gasteiger partial charge in [-0.15, -0.1) is 0 Å². The predicted octanol–water partition coefficient (Wildman–Crippen LogP) is -0.873.